The number of nitrogens with zero attached hydrogens (tertiary/aromatic N) is 2. The summed E-state index contributed by atoms with van der Waals surface area (Å²) in [6.45, 7) is 2.73. The third-order valence-corrected chi connectivity index (χ3v) is 8.57. The van der Waals surface area contributed by atoms with Crippen molar-refractivity contribution in [3.63, 3.8) is 0 Å². The largest absolute Gasteiger partial charge is 0.497 e. The Morgan fingerprint density at radius 2 is 1.95 bits per heavy atom. The SMILES string of the molecule is COc1cccc(SCCCN2CC[C@@H](CC[C@@H](O)c3ccnc4ccc(OC)cc34)[C@@H](CC(=O)O)C2)c1. The Bertz CT molecular complexity index is 1210. The number of methoxy groups -OCH3 is 2. The molecular formula is C30H38N2O5S. The van der Waals surface area contributed by atoms with Crippen LogP contribution in [0.1, 0.15) is 43.8 Å². The average molecular weight is 539 g/mol. The highest BCUT2D eigenvalue weighted by Gasteiger charge is 2.31. The van der Waals surface area contributed by atoms with E-state index in [1.54, 1.807) is 20.4 Å². The van der Waals surface area contributed by atoms with Gasteiger partial charge in [0.2, 0.25) is 0 Å². The van der Waals surface area contributed by atoms with Gasteiger partial charge in [0.1, 0.15) is 11.5 Å². The molecule has 4 rings (SSSR count). The molecule has 0 aliphatic carbocycles. The minimum absolute atomic E-state index is 0.0914. The number of aliphatic carboxylic acids is 1. The summed E-state index contributed by atoms with van der Waals surface area (Å²) in [5.74, 6) is 2.24. The van der Waals surface area contributed by atoms with E-state index in [-0.39, 0.29) is 18.3 Å². The number of pyridine rings is 1. The number of carboxylic acid groups (broad SMARTS) is 1. The van der Waals surface area contributed by atoms with Gasteiger partial charge in [-0.3, -0.25) is 9.78 Å². The minimum Gasteiger partial charge on any atom is -0.497 e. The highest BCUT2D eigenvalue weighted by molar-refractivity contribution is 7.99. The third kappa shape index (κ3) is 7.62. The molecule has 38 heavy (non-hydrogen) atoms. The van der Waals surface area contributed by atoms with Crippen molar-refractivity contribution in [3.05, 3.63) is 60.3 Å². The monoisotopic (exact) mass is 538 g/mol. The van der Waals surface area contributed by atoms with Crippen molar-refractivity contribution in [1.82, 2.24) is 9.88 Å². The summed E-state index contributed by atoms with van der Waals surface area (Å²) in [5.41, 5.74) is 1.67. The smallest absolute Gasteiger partial charge is 0.303 e. The number of benzene rings is 2. The van der Waals surface area contributed by atoms with Crippen molar-refractivity contribution in [1.29, 1.82) is 0 Å². The first-order valence-corrected chi connectivity index (χ1v) is 14.3. The Morgan fingerprint density at radius 1 is 1.13 bits per heavy atom. The molecule has 1 fully saturated rings. The molecule has 3 aromatic rings. The third-order valence-electron chi connectivity index (χ3n) is 7.49. The van der Waals surface area contributed by atoms with E-state index in [2.05, 4.69) is 22.0 Å². The fourth-order valence-electron chi connectivity index (χ4n) is 5.46. The molecule has 0 spiro atoms. The van der Waals surface area contributed by atoms with Crippen LogP contribution in [-0.4, -0.2) is 65.7 Å². The quantitative estimate of drug-likeness (QED) is 0.213. The van der Waals surface area contributed by atoms with E-state index in [0.29, 0.717) is 6.42 Å². The van der Waals surface area contributed by atoms with Gasteiger partial charge in [-0.05, 0) is 104 Å². The van der Waals surface area contributed by atoms with Gasteiger partial charge < -0.3 is 24.6 Å². The Kier molecular flexibility index (Phi) is 10.3. The molecule has 1 aliphatic heterocycles. The van der Waals surface area contributed by atoms with Crippen molar-refractivity contribution in [2.24, 2.45) is 11.8 Å². The fraction of sp³-hybridized carbons (Fsp3) is 0.467. The van der Waals surface area contributed by atoms with E-state index in [4.69, 9.17) is 9.47 Å². The Balaban J connectivity index is 1.30. The molecule has 3 atom stereocenters. The first-order chi connectivity index (χ1) is 18.5. The molecule has 7 nitrogen and oxygen atoms in total. The molecule has 2 N–H and O–H groups in total. The first kappa shape index (κ1) is 28.2. The number of rotatable bonds is 13. The van der Waals surface area contributed by atoms with Gasteiger partial charge in [-0.2, -0.15) is 0 Å². The highest BCUT2D eigenvalue weighted by Crippen LogP contribution is 2.35. The van der Waals surface area contributed by atoms with Crippen molar-refractivity contribution < 1.29 is 24.5 Å². The molecule has 0 amide bonds. The second-order valence-electron chi connectivity index (χ2n) is 9.96. The van der Waals surface area contributed by atoms with Gasteiger partial charge >= 0.3 is 5.97 Å². The van der Waals surface area contributed by atoms with Crippen LogP contribution < -0.4 is 9.47 Å². The molecule has 204 valence electrons. The standard InChI is InChI=1S/C30H38N2O5S/c1-36-23-5-3-6-25(18-23)38-16-4-14-32-15-12-21(22(20-32)17-30(34)35)7-10-29(33)26-11-13-31-28-9-8-24(37-2)19-27(26)28/h3,5-6,8-9,11,13,18-19,21-22,29,33H,4,7,10,12,14-17,20H2,1-2H3,(H,34,35)/t21-,22+,29-/m1/s1. The second kappa shape index (κ2) is 13.8. The van der Waals surface area contributed by atoms with Crippen LogP contribution in [0.2, 0.25) is 0 Å². The molecule has 0 radical (unpaired) electrons. The van der Waals surface area contributed by atoms with Gasteiger partial charge in [-0.15, -0.1) is 11.8 Å². The number of hydrogen-bond acceptors (Lipinski definition) is 7. The zero-order chi connectivity index (χ0) is 26.9. The molecule has 2 heterocycles. The number of thioether (sulfide) groups is 1. The zero-order valence-electron chi connectivity index (χ0n) is 22.2. The van der Waals surface area contributed by atoms with Gasteiger partial charge in [0.25, 0.3) is 0 Å². The van der Waals surface area contributed by atoms with Crippen LogP contribution in [0.25, 0.3) is 10.9 Å². The molecular weight excluding hydrogens is 500 g/mol. The molecule has 0 unspecified atom stereocenters. The summed E-state index contributed by atoms with van der Waals surface area (Å²) in [4.78, 5) is 19.7. The van der Waals surface area contributed by atoms with E-state index in [0.717, 1.165) is 72.6 Å². The van der Waals surface area contributed by atoms with Crippen LogP contribution in [0.15, 0.2) is 59.6 Å². The van der Waals surface area contributed by atoms with E-state index in [9.17, 15) is 15.0 Å². The summed E-state index contributed by atoms with van der Waals surface area (Å²) >= 11 is 1.82. The van der Waals surface area contributed by atoms with Crippen molar-refractivity contribution in [2.45, 2.75) is 43.1 Å². The van der Waals surface area contributed by atoms with Crippen LogP contribution in [0.4, 0.5) is 0 Å². The molecule has 2 aromatic carbocycles. The number of ether oxygens (including phenoxy) is 2. The summed E-state index contributed by atoms with van der Waals surface area (Å²) < 4.78 is 10.7. The lowest BCUT2D eigenvalue weighted by Gasteiger charge is -2.38. The molecule has 0 bridgehead atoms. The topological polar surface area (TPSA) is 92.1 Å². The number of hydrogen-bond donors (Lipinski definition) is 2. The van der Waals surface area contributed by atoms with Crippen molar-refractivity contribution in [3.8, 4) is 11.5 Å². The van der Waals surface area contributed by atoms with Crippen LogP contribution >= 0.6 is 11.8 Å². The van der Waals surface area contributed by atoms with Gasteiger partial charge in [-0.1, -0.05) is 6.07 Å². The number of fused-ring (bicyclic) bond motifs is 1. The lowest BCUT2D eigenvalue weighted by atomic mass is 9.79. The molecule has 1 aliphatic rings. The highest BCUT2D eigenvalue weighted by atomic mass is 32.2. The predicted octanol–water partition coefficient (Wildman–Crippen LogP) is 5.66. The van der Waals surface area contributed by atoms with E-state index < -0.39 is 12.1 Å². The van der Waals surface area contributed by atoms with Gasteiger partial charge in [0.15, 0.2) is 0 Å². The lowest BCUT2D eigenvalue weighted by Crippen LogP contribution is -2.42. The number of aromatic nitrogens is 1. The van der Waals surface area contributed by atoms with Crippen LogP contribution in [0.5, 0.6) is 11.5 Å². The average Bonchev–Trinajstić information content (AvgIpc) is 2.93. The second-order valence-corrected chi connectivity index (χ2v) is 11.1. The number of aliphatic hydroxyl groups is 1. The van der Waals surface area contributed by atoms with Crippen molar-refractivity contribution >= 4 is 28.6 Å². The number of likely N-dealkylation sites (tertiary alicyclic amines) is 1. The number of carboxylic acids is 1. The van der Waals surface area contributed by atoms with E-state index in [1.165, 1.54) is 4.90 Å². The van der Waals surface area contributed by atoms with E-state index >= 15 is 0 Å². The fourth-order valence-corrected chi connectivity index (χ4v) is 6.34. The molecule has 1 aromatic heterocycles. The maximum Gasteiger partial charge on any atom is 0.303 e. The maximum absolute atomic E-state index is 11.7. The maximum atomic E-state index is 11.7. The predicted molar refractivity (Wildman–Crippen MR) is 151 cm³/mol. The summed E-state index contributed by atoms with van der Waals surface area (Å²) in [6, 6.07) is 15.7. The number of carbonyl (C=O) groups is 1. The molecule has 1 saturated heterocycles. The van der Waals surface area contributed by atoms with Gasteiger partial charge in [0.05, 0.1) is 25.8 Å². The number of piperidine rings is 1. The summed E-state index contributed by atoms with van der Waals surface area (Å²) in [7, 11) is 3.31. The molecule has 0 saturated carbocycles. The lowest BCUT2D eigenvalue weighted by molar-refractivity contribution is -0.139. The molecule has 8 heteroatoms. The van der Waals surface area contributed by atoms with Crippen molar-refractivity contribution in [2.75, 3.05) is 39.6 Å². The van der Waals surface area contributed by atoms with Gasteiger partial charge in [-0.25, -0.2) is 0 Å². The summed E-state index contributed by atoms with van der Waals surface area (Å²) in [5, 5.41) is 21.6. The van der Waals surface area contributed by atoms with Gasteiger partial charge in [0, 0.05) is 29.4 Å². The first-order valence-electron chi connectivity index (χ1n) is 13.3. The normalized spacial score (nSPS) is 18.8. The number of aliphatic hydroxyl groups excluding tert-OH is 1. The Labute approximate surface area is 229 Å². The zero-order valence-corrected chi connectivity index (χ0v) is 23.0. The minimum atomic E-state index is -0.747. The van der Waals surface area contributed by atoms with E-state index in [1.807, 2.05) is 48.2 Å². The van der Waals surface area contributed by atoms with Crippen LogP contribution in [-0.2, 0) is 4.79 Å². The summed E-state index contributed by atoms with van der Waals surface area (Å²) in [6.07, 6.45) is 4.66. The van der Waals surface area contributed by atoms with Crippen LogP contribution in [0, 0.1) is 11.8 Å². The Hall–Kier alpha value is -2.81. The van der Waals surface area contributed by atoms with Crippen LogP contribution in [0.3, 0.4) is 0 Å². The Morgan fingerprint density at radius 3 is 2.74 bits per heavy atom.